The van der Waals surface area contributed by atoms with E-state index < -0.39 is 6.10 Å². The first-order valence-corrected chi connectivity index (χ1v) is 5.75. The number of aliphatic hydroxyl groups is 1. The van der Waals surface area contributed by atoms with Gasteiger partial charge in [-0.2, -0.15) is 15.4 Å². The molecule has 0 spiro atoms. The Labute approximate surface area is 103 Å². The topological polar surface area (TPSA) is 103 Å². The van der Waals surface area contributed by atoms with Crippen LogP contribution in [0.1, 0.15) is 6.42 Å². The molecular formula is C11H13N5O2. The Balaban J connectivity index is 1.73. The number of hydrogen-bond donors (Lipinski definition) is 4. The van der Waals surface area contributed by atoms with E-state index in [0.29, 0.717) is 24.2 Å². The molecular weight excluding hydrogens is 234 g/mol. The summed E-state index contributed by atoms with van der Waals surface area (Å²) in [5.41, 5.74) is 2.12. The van der Waals surface area contributed by atoms with Gasteiger partial charge >= 0.3 is 0 Å². The molecule has 1 aliphatic rings. The third-order valence-corrected chi connectivity index (χ3v) is 3.01. The summed E-state index contributed by atoms with van der Waals surface area (Å²) < 4.78 is 0. The zero-order valence-corrected chi connectivity index (χ0v) is 9.55. The van der Waals surface area contributed by atoms with Gasteiger partial charge in [-0.25, -0.2) is 0 Å². The van der Waals surface area contributed by atoms with E-state index in [9.17, 15) is 9.90 Å². The summed E-state index contributed by atoms with van der Waals surface area (Å²) in [4.78, 5) is 11.9. The van der Waals surface area contributed by atoms with Crippen molar-refractivity contribution in [3.05, 3.63) is 18.2 Å². The Bertz CT molecular complexity index is 582. The van der Waals surface area contributed by atoms with Crippen LogP contribution < -0.4 is 10.6 Å². The maximum absolute atomic E-state index is 11.9. The van der Waals surface area contributed by atoms with Gasteiger partial charge in [0, 0.05) is 12.2 Å². The lowest BCUT2D eigenvalue weighted by molar-refractivity contribution is -0.117. The van der Waals surface area contributed by atoms with Gasteiger partial charge in [-0.3, -0.25) is 4.79 Å². The smallest absolute Gasteiger partial charge is 0.241 e. The van der Waals surface area contributed by atoms with Crippen LogP contribution in [0.5, 0.6) is 0 Å². The molecule has 1 saturated heterocycles. The molecule has 3 rings (SSSR count). The van der Waals surface area contributed by atoms with E-state index in [-0.39, 0.29) is 11.9 Å². The highest BCUT2D eigenvalue weighted by atomic mass is 16.3. The van der Waals surface area contributed by atoms with Crippen LogP contribution in [0, 0.1) is 0 Å². The molecule has 1 amide bonds. The maximum Gasteiger partial charge on any atom is 0.241 e. The molecule has 0 bridgehead atoms. The molecule has 94 valence electrons. The van der Waals surface area contributed by atoms with Crippen LogP contribution >= 0.6 is 0 Å². The molecule has 0 radical (unpaired) electrons. The molecule has 1 aliphatic heterocycles. The average Bonchev–Trinajstić information content (AvgIpc) is 2.96. The number of aromatic amines is 1. The van der Waals surface area contributed by atoms with Crippen molar-refractivity contribution in [2.24, 2.45) is 0 Å². The second kappa shape index (κ2) is 4.35. The lowest BCUT2D eigenvalue weighted by Gasteiger charge is -2.10. The van der Waals surface area contributed by atoms with E-state index in [1.807, 2.05) is 0 Å². The number of β-amino-alcohol motifs (C(OH)–C–C–N with tert-alkyl or cyclic N) is 1. The van der Waals surface area contributed by atoms with Crippen molar-refractivity contribution in [1.82, 2.24) is 20.7 Å². The van der Waals surface area contributed by atoms with Crippen LogP contribution in [0.3, 0.4) is 0 Å². The van der Waals surface area contributed by atoms with E-state index in [0.717, 1.165) is 5.52 Å². The monoisotopic (exact) mass is 247 g/mol. The van der Waals surface area contributed by atoms with Gasteiger partial charge < -0.3 is 15.7 Å². The number of amides is 1. The summed E-state index contributed by atoms with van der Waals surface area (Å²) >= 11 is 0. The van der Waals surface area contributed by atoms with Crippen LogP contribution in [-0.4, -0.2) is 45.1 Å². The number of aromatic nitrogens is 3. The van der Waals surface area contributed by atoms with Crippen LogP contribution in [0.4, 0.5) is 5.69 Å². The minimum Gasteiger partial charge on any atom is -0.392 e. The van der Waals surface area contributed by atoms with Gasteiger partial charge in [-0.05, 0) is 24.6 Å². The lowest BCUT2D eigenvalue weighted by atomic mass is 10.2. The predicted octanol–water partition coefficient (Wildman–Crippen LogP) is -0.381. The molecule has 18 heavy (non-hydrogen) atoms. The number of anilines is 1. The van der Waals surface area contributed by atoms with Gasteiger partial charge in [0.25, 0.3) is 0 Å². The fourth-order valence-corrected chi connectivity index (χ4v) is 2.06. The Morgan fingerprint density at radius 3 is 3.00 bits per heavy atom. The molecule has 1 fully saturated rings. The van der Waals surface area contributed by atoms with Gasteiger partial charge in [0.2, 0.25) is 5.91 Å². The first-order valence-electron chi connectivity index (χ1n) is 5.75. The summed E-state index contributed by atoms with van der Waals surface area (Å²) in [7, 11) is 0. The third kappa shape index (κ3) is 2.05. The largest absolute Gasteiger partial charge is 0.392 e. The minimum atomic E-state index is -0.446. The van der Waals surface area contributed by atoms with Gasteiger partial charge in [-0.1, -0.05) is 0 Å². The zero-order chi connectivity index (χ0) is 12.5. The molecule has 2 aromatic rings. The Kier molecular flexibility index (Phi) is 2.69. The fraction of sp³-hybridized carbons (Fsp3) is 0.364. The third-order valence-electron chi connectivity index (χ3n) is 3.01. The molecule has 0 unspecified atom stereocenters. The highest BCUT2D eigenvalue weighted by molar-refractivity contribution is 5.96. The van der Waals surface area contributed by atoms with Crippen LogP contribution in [-0.2, 0) is 4.79 Å². The second-order valence-electron chi connectivity index (χ2n) is 4.37. The number of rotatable bonds is 2. The highest BCUT2D eigenvalue weighted by Gasteiger charge is 2.27. The molecule has 1 aromatic heterocycles. The number of carbonyl (C=O) groups is 1. The van der Waals surface area contributed by atoms with Gasteiger partial charge in [-0.15, -0.1) is 0 Å². The van der Waals surface area contributed by atoms with Crippen LogP contribution in [0.15, 0.2) is 18.2 Å². The number of nitrogens with one attached hydrogen (secondary N) is 3. The normalized spacial score (nSPS) is 23.4. The van der Waals surface area contributed by atoms with Crippen LogP contribution in [0.25, 0.3) is 11.0 Å². The number of H-pyrrole nitrogens is 1. The van der Waals surface area contributed by atoms with Crippen molar-refractivity contribution < 1.29 is 9.90 Å². The van der Waals surface area contributed by atoms with Crippen molar-refractivity contribution in [2.45, 2.75) is 18.6 Å². The average molecular weight is 247 g/mol. The molecule has 0 saturated carbocycles. The van der Waals surface area contributed by atoms with E-state index in [1.54, 1.807) is 18.2 Å². The Hall–Kier alpha value is -1.99. The fourth-order valence-electron chi connectivity index (χ4n) is 2.06. The number of nitrogens with zero attached hydrogens (tertiary/aromatic N) is 2. The van der Waals surface area contributed by atoms with Crippen molar-refractivity contribution in [3.8, 4) is 0 Å². The minimum absolute atomic E-state index is 0.144. The molecule has 2 heterocycles. The number of aliphatic hydroxyl groups excluding tert-OH is 1. The highest BCUT2D eigenvalue weighted by Crippen LogP contribution is 2.16. The zero-order valence-electron chi connectivity index (χ0n) is 9.55. The first-order chi connectivity index (χ1) is 8.72. The van der Waals surface area contributed by atoms with E-state index in [4.69, 9.17) is 0 Å². The summed E-state index contributed by atoms with van der Waals surface area (Å²) in [5, 5.41) is 25.5. The molecule has 7 nitrogen and oxygen atoms in total. The molecule has 0 aliphatic carbocycles. The molecule has 2 atom stereocenters. The summed E-state index contributed by atoms with van der Waals surface area (Å²) in [6.07, 6.45) is -0.00308. The number of fused-ring (bicyclic) bond motifs is 1. The number of carbonyl (C=O) groups excluding carboxylic acids is 1. The summed E-state index contributed by atoms with van der Waals surface area (Å²) in [6.45, 7) is 0.459. The van der Waals surface area contributed by atoms with E-state index >= 15 is 0 Å². The van der Waals surface area contributed by atoms with Gasteiger partial charge in [0.15, 0.2) is 0 Å². The van der Waals surface area contributed by atoms with Crippen molar-refractivity contribution in [1.29, 1.82) is 0 Å². The predicted molar refractivity (Wildman–Crippen MR) is 64.9 cm³/mol. The summed E-state index contributed by atoms with van der Waals surface area (Å²) in [5.74, 6) is -0.144. The van der Waals surface area contributed by atoms with Crippen molar-refractivity contribution >= 4 is 22.6 Å². The maximum atomic E-state index is 11.9. The first kappa shape index (κ1) is 11.1. The number of benzene rings is 1. The standard InChI is InChI=1S/C11H13N5O2/c17-7-4-10(12-5-7)11(18)13-6-1-2-8-9(3-6)15-16-14-8/h1-3,7,10,12,17H,4-5H2,(H,13,18)(H,14,15,16)/t7-,10+/m1/s1. The van der Waals surface area contributed by atoms with E-state index in [2.05, 4.69) is 26.0 Å². The molecule has 1 aromatic carbocycles. The van der Waals surface area contributed by atoms with Gasteiger partial charge in [0.05, 0.1) is 12.1 Å². The SMILES string of the molecule is O=C(Nc1ccc2n[nH]nc2c1)[C@@H]1C[C@@H](O)CN1. The number of hydrogen-bond acceptors (Lipinski definition) is 5. The Morgan fingerprint density at radius 2 is 2.22 bits per heavy atom. The van der Waals surface area contributed by atoms with Crippen molar-refractivity contribution in [2.75, 3.05) is 11.9 Å². The Morgan fingerprint density at radius 1 is 1.39 bits per heavy atom. The van der Waals surface area contributed by atoms with Gasteiger partial charge in [0.1, 0.15) is 11.0 Å². The lowest BCUT2D eigenvalue weighted by Crippen LogP contribution is -2.35. The molecule has 4 N–H and O–H groups in total. The van der Waals surface area contributed by atoms with E-state index in [1.165, 1.54) is 0 Å². The second-order valence-corrected chi connectivity index (χ2v) is 4.37. The van der Waals surface area contributed by atoms with Crippen molar-refractivity contribution in [3.63, 3.8) is 0 Å². The summed E-state index contributed by atoms with van der Waals surface area (Å²) in [6, 6.07) is 4.97. The quantitative estimate of drug-likeness (QED) is 0.579. The molecule has 7 heteroatoms. The van der Waals surface area contributed by atoms with Crippen LogP contribution in [0.2, 0.25) is 0 Å².